The predicted octanol–water partition coefficient (Wildman–Crippen LogP) is 4.59. The highest BCUT2D eigenvalue weighted by atomic mass is 32.1. The second-order valence-corrected chi connectivity index (χ2v) is 9.17. The zero-order valence-electron chi connectivity index (χ0n) is 18.8. The van der Waals surface area contributed by atoms with E-state index in [1.54, 1.807) is 26.0 Å². The summed E-state index contributed by atoms with van der Waals surface area (Å²) >= 11 is 1.40. The summed E-state index contributed by atoms with van der Waals surface area (Å²) in [5, 5.41) is 18.6. The molecule has 0 atom stereocenters. The molecule has 0 bridgehead atoms. The summed E-state index contributed by atoms with van der Waals surface area (Å²) < 4.78 is 12.3. The summed E-state index contributed by atoms with van der Waals surface area (Å²) in [7, 11) is 0. The van der Waals surface area contributed by atoms with Crippen LogP contribution in [-0.2, 0) is 24.3 Å². The molecule has 0 radical (unpaired) electrons. The SMILES string of the molecule is CC(C)OC(=O)c1c(NC(=O)c2ccn(COc3ccccc3[N+](=O)[O-])n2)sc2c1CCCC2. The van der Waals surface area contributed by atoms with E-state index in [1.165, 1.54) is 40.4 Å². The molecular formula is C23H24N4O6S. The van der Waals surface area contributed by atoms with E-state index in [1.807, 2.05) is 0 Å². The van der Waals surface area contributed by atoms with Gasteiger partial charge in [0.05, 0.1) is 16.6 Å². The lowest BCUT2D eigenvalue weighted by Gasteiger charge is -2.14. The third-order valence-corrected chi connectivity index (χ3v) is 6.44. The third kappa shape index (κ3) is 5.09. The zero-order valence-corrected chi connectivity index (χ0v) is 19.6. The number of nitrogens with zero attached hydrogens (tertiary/aromatic N) is 3. The number of carbonyl (C=O) groups is 2. The number of ether oxygens (including phenoxy) is 2. The number of hydrogen-bond acceptors (Lipinski definition) is 8. The number of anilines is 1. The molecule has 4 rings (SSSR count). The molecule has 178 valence electrons. The summed E-state index contributed by atoms with van der Waals surface area (Å²) in [6.45, 7) is 3.46. The molecule has 11 heteroatoms. The van der Waals surface area contributed by atoms with Gasteiger partial charge in [0.2, 0.25) is 0 Å². The molecule has 3 aromatic rings. The van der Waals surface area contributed by atoms with E-state index >= 15 is 0 Å². The van der Waals surface area contributed by atoms with Crippen molar-refractivity contribution in [3.63, 3.8) is 0 Å². The van der Waals surface area contributed by atoms with Crippen LogP contribution in [0.1, 0.15) is 58.0 Å². The lowest BCUT2D eigenvalue weighted by molar-refractivity contribution is -0.386. The lowest BCUT2D eigenvalue weighted by atomic mass is 9.95. The quantitative estimate of drug-likeness (QED) is 0.282. The molecule has 1 aromatic carbocycles. The van der Waals surface area contributed by atoms with Crippen molar-refractivity contribution in [1.82, 2.24) is 9.78 Å². The van der Waals surface area contributed by atoms with Crippen LogP contribution in [-0.4, -0.2) is 32.7 Å². The van der Waals surface area contributed by atoms with Gasteiger partial charge in [-0.3, -0.25) is 14.9 Å². The molecule has 2 aromatic heterocycles. The first kappa shape index (κ1) is 23.4. The first-order valence-electron chi connectivity index (χ1n) is 10.9. The molecule has 2 heterocycles. The minimum absolute atomic E-state index is 0.103. The van der Waals surface area contributed by atoms with E-state index in [0.29, 0.717) is 10.6 Å². The van der Waals surface area contributed by atoms with Crippen LogP contribution in [0, 0.1) is 10.1 Å². The molecule has 0 fully saturated rings. The van der Waals surface area contributed by atoms with E-state index in [2.05, 4.69) is 10.4 Å². The summed E-state index contributed by atoms with van der Waals surface area (Å²) in [5.74, 6) is -0.804. The maximum atomic E-state index is 12.9. The number of amides is 1. The Labute approximate surface area is 199 Å². The van der Waals surface area contributed by atoms with E-state index in [0.717, 1.165) is 36.1 Å². The Kier molecular flexibility index (Phi) is 6.92. The van der Waals surface area contributed by atoms with Crippen molar-refractivity contribution in [2.45, 2.75) is 52.4 Å². The maximum Gasteiger partial charge on any atom is 0.341 e. The maximum absolute atomic E-state index is 12.9. The lowest BCUT2D eigenvalue weighted by Crippen LogP contribution is -2.18. The van der Waals surface area contributed by atoms with Crippen molar-refractivity contribution in [2.75, 3.05) is 5.32 Å². The fraction of sp³-hybridized carbons (Fsp3) is 0.348. The summed E-state index contributed by atoms with van der Waals surface area (Å²) in [6, 6.07) is 7.53. The average Bonchev–Trinajstić information content (AvgIpc) is 3.41. The van der Waals surface area contributed by atoms with Gasteiger partial charge in [-0.1, -0.05) is 12.1 Å². The normalized spacial score (nSPS) is 12.8. The number of hydrogen-bond donors (Lipinski definition) is 1. The topological polar surface area (TPSA) is 126 Å². The summed E-state index contributed by atoms with van der Waals surface area (Å²) in [4.78, 5) is 37.4. The van der Waals surface area contributed by atoms with Gasteiger partial charge < -0.3 is 14.8 Å². The summed E-state index contributed by atoms with van der Waals surface area (Å²) in [5.41, 5.74) is 1.36. The average molecular weight is 485 g/mol. The molecule has 0 saturated heterocycles. The van der Waals surface area contributed by atoms with Crippen molar-refractivity contribution in [3.8, 4) is 5.75 Å². The second kappa shape index (κ2) is 10.0. The number of nitro groups is 1. The van der Waals surface area contributed by atoms with Gasteiger partial charge in [-0.25, -0.2) is 9.48 Å². The molecular weight excluding hydrogens is 460 g/mol. The number of carbonyl (C=O) groups excluding carboxylic acids is 2. The molecule has 0 aliphatic heterocycles. The zero-order chi connectivity index (χ0) is 24.2. The minimum Gasteiger partial charge on any atom is -0.464 e. The molecule has 10 nitrogen and oxygen atoms in total. The summed E-state index contributed by atoms with van der Waals surface area (Å²) in [6.07, 6.45) is 4.95. The van der Waals surface area contributed by atoms with Gasteiger partial charge in [-0.2, -0.15) is 5.10 Å². The number of thiophene rings is 1. The number of para-hydroxylation sites is 2. The van der Waals surface area contributed by atoms with Crippen molar-refractivity contribution < 1.29 is 24.0 Å². The van der Waals surface area contributed by atoms with Crippen LogP contribution in [0.3, 0.4) is 0 Å². The Morgan fingerprint density at radius 2 is 2.00 bits per heavy atom. The number of rotatable bonds is 8. The van der Waals surface area contributed by atoms with Crippen molar-refractivity contribution in [2.24, 2.45) is 0 Å². The van der Waals surface area contributed by atoms with Crippen molar-refractivity contribution in [1.29, 1.82) is 0 Å². The molecule has 1 amide bonds. The number of nitrogens with one attached hydrogen (secondary N) is 1. The molecule has 0 saturated carbocycles. The van der Waals surface area contributed by atoms with Gasteiger partial charge in [0, 0.05) is 17.1 Å². The van der Waals surface area contributed by atoms with Crippen molar-refractivity contribution in [3.05, 3.63) is 68.3 Å². The smallest absolute Gasteiger partial charge is 0.341 e. The number of aromatic nitrogens is 2. The van der Waals surface area contributed by atoms with Crippen LogP contribution in [0.25, 0.3) is 0 Å². The molecule has 1 N–H and O–H groups in total. The second-order valence-electron chi connectivity index (χ2n) is 8.06. The number of esters is 1. The van der Waals surface area contributed by atoms with Crippen LogP contribution in [0.4, 0.5) is 10.7 Å². The fourth-order valence-corrected chi connectivity index (χ4v) is 5.00. The standard InChI is InChI=1S/C23H24N4O6S/c1-14(2)33-23(29)20-15-7-3-6-10-19(15)34-22(20)24-21(28)16-11-12-26(25-16)13-32-18-9-5-4-8-17(18)27(30)31/h4-5,8-9,11-12,14H,3,6-7,10,13H2,1-2H3,(H,24,28). The Balaban J connectivity index is 1.49. The van der Waals surface area contributed by atoms with Crippen LogP contribution in [0.15, 0.2) is 36.5 Å². The first-order chi connectivity index (χ1) is 16.3. The number of nitro benzene ring substituents is 1. The fourth-order valence-electron chi connectivity index (χ4n) is 3.73. The van der Waals surface area contributed by atoms with Gasteiger partial charge in [0.25, 0.3) is 5.91 Å². The van der Waals surface area contributed by atoms with Crippen LogP contribution >= 0.6 is 11.3 Å². The van der Waals surface area contributed by atoms with Crippen molar-refractivity contribution >= 4 is 33.9 Å². The minimum atomic E-state index is -0.528. The van der Waals surface area contributed by atoms with Crippen LogP contribution in [0.2, 0.25) is 0 Å². The monoisotopic (exact) mass is 484 g/mol. The Morgan fingerprint density at radius 3 is 2.76 bits per heavy atom. The Morgan fingerprint density at radius 1 is 1.24 bits per heavy atom. The number of fused-ring (bicyclic) bond motifs is 1. The Hall–Kier alpha value is -3.73. The molecule has 34 heavy (non-hydrogen) atoms. The predicted molar refractivity (Wildman–Crippen MR) is 125 cm³/mol. The van der Waals surface area contributed by atoms with E-state index in [9.17, 15) is 19.7 Å². The molecule has 0 unspecified atom stereocenters. The van der Waals surface area contributed by atoms with E-state index < -0.39 is 16.8 Å². The van der Waals surface area contributed by atoms with Gasteiger partial charge in [0.1, 0.15) is 5.00 Å². The van der Waals surface area contributed by atoms with Crippen LogP contribution < -0.4 is 10.1 Å². The largest absolute Gasteiger partial charge is 0.464 e. The highest BCUT2D eigenvalue weighted by Gasteiger charge is 2.28. The van der Waals surface area contributed by atoms with Crippen LogP contribution in [0.5, 0.6) is 5.75 Å². The highest BCUT2D eigenvalue weighted by Crippen LogP contribution is 2.39. The number of benzene rings is 1. The highest BCUT2D eigenvalue weighted by molar-refractivity contribution is 7.17. The molecule has 1 aliphatic carbocycles. The van der Waals surface area contributed by atoms with E-state index in [-0.39, 0.29) is 30.0 Å². The van der Waals surface area contributed by atoms with Gasteiger partial charge in [-0.05, 0) is 57.2 Å². The molecule has 1 aliphatic rings. The van der Waals surface area contributed by atoms with Gasteiger partial charge in [0.15, 0.2) is 18.2 Å². The van der Waals surface area contributed by atoms with Gasteiger partial charge in [-0.15, -0.1) is 11.3 Å². The van der Waals surface area contributed by atoms with Gasteiger partial charge >= 0.3 is 11.7 Å². The van der Waals surface area contributed by atoms with E-state index in [4.69, 9.17) is 9.47 Å². The Bertz CT molecular complexity index is 1230. The third-order valence-electron chi connectivity index (χ3n) is 5.23. The molecule has 0 spiro atoms. The number of aryl methyl sites for hydroxylation is 1. The first-order valence-corrected chi connectivity index (χ1v) is 11.7.